The standard InChI is InChI=1S/C15H14N4O/c20-12-3-1-11(2-4-12)7-8-17-14-6-5-13-15(19-14)18-10-9-16-13/h1-6,9-10,20H,7-8H2,(H,17,18,19). The lowest BCUT2D eigenvalue weighted by atomic mass is 10.1. The molecule has 2 N–H and O–H groups in total. The molecule has 20 heavy (non-hydrogen) atoms. The Labute approximate surface area is 116 Å². The van der Waals surface area contributed by atoms with E-state index in [1.165, 1.54) is 0 Å². The molecule has 5 nitrogen and oxygen atoms in total. The van der Waals surface area contributed by atoms with Crippen LogP contribution in [-0.2, 0) is 6.42 Å². The molecule has 2 heterocycles. The predicted octanol–water partition coefficient (Wildman–Crippen LogP) is 2.39. The SMILES string of the molecule is Oc1ccc(CCNc2ccc3nccnc3n2)cc1. The van der Waals surface area contributed by atoms with Crippen LogP contribution in [0.5, 0.6) is 5.75 Å². The minimum absolute atomic E-state index is 0.288. The van der Waals surface area contributed by atoms with Crippen LogP contribution in [0, 0.1) is 0 Å². The number of aromatic hydroxyl groups is 1. The molecule has 5 heteroatoms. The second kappa shape index (κ2) is 5.52. The Morgan fingerprint density at radius 1 is 0.950 bits per heavy atom. The zero-order valence-electron chi connectivity index (χ0n) is 10.8. The molecule has 0 aliphatic heterocycles. The highest BCUT2D eigenvalue weighted by atomic mass is 16.3. The third-order valence-corrected chi connectivity index (χ3v) is 2.99. The molecule has 0 atom stereocenters. The van der Waals surface area contributed by atoms with Crippen LogP contribution < -0.4 is 5.32 Å². The summed E-state index contributed by atoms with van der Waals surface area (Å²) in [6.07, 6.45) is 4.15. The van der Waals surface area contributed by atoms with E-state index in [1.807, 2.05) is 24.3 Å². The van der Waals surface area contributed by atoms with Crippen molar-refractivity contribution in [2.45, 2.75) is 6.42 Å². The molecule has 0 spiro atoms. The molecule has 2 aromatic heterocycles. The average molecular weight is 266 g/mol. The summed E-state index contributed by atoms with van der Waals surface area (Å²) in [7, 11) is 0. The van der Waals surface area contributed by atoms with E-state index in [0.717, 1.165) is 29.9 Å². The van der Waals surface area contributed by atoms with Gasteiger partial charge in [-0.2, -0.15) is 0 Å². The lowest BCUT2D eigenvalue weighted by Crippen LogP contribution is -2.06. The van der Waals surface area contributed by atoms with Crippen LogP contribution in [0.2, 0.25) is 0 Å². The summed E-state index contributed by atoms with van der Waals surface area (Å²) in [6.45, 7) is 0.767. The molecule has 0 radical (unpaired) electrons. The minimum atomic E-state index is 0.288. The third kappa shape index (κ3) is 2.83. The van der Waals surface area contributed by atoms with Crippen LogP contribution in [0.25, 0.3) is 11.2 Å². The van der Waals surface area contributed by atoms with Crippen molar-refractivity contribution in [2.24, 2.45) is 0 Å². The normalized spacial score (nSPS) is 10.6. The number of phenolic OH excluding ortho intramolecular Hbond substituents is 1. The van der Waals surface area contributed by atoms with Crippen molar-refractivity contribution in [1.82, 2.24) is 15.0 Å². The molecule has 0 saturated heterocycles. The number of nitrogens with one attached hydrogen (secondary N) is 1. The zero-order valence-corrected chi connectivity index (χ0v) is 10.8. The maximum atomic E-state index is 9.22. The van der Waals surface area contributed by atoms with Crippen molar-refractivity contribution >= 4 is 17.0 Å². The van der Waals surface area contributed by atoms with Crippen LogP contribution in [0.1, 0.15) is 5.56 Å². The number of nitrogens with zero attached hydrogens (tertiary/aromatic N) is 3. The fourth-order valence-corrected chi connectivity index (χ4v) is 1.95. The Morgan fingerprint density at radius 3 is 2.60 bits per heavy atom. The molecule has 3 rings (SSSR count). The van der Waals surface area contributed by atoms with Gasteiger partial charge in [0.2, 0.25) is 0 Å². The third-order valence-electron chi connectivity index (χ3n) is 2.99. The highest BCUT2D eigenvalue weighted by molar-refractivity contribution is 5.71. The van der Waals surface area contributed by atoms with E-state index in [9.17, 15) is 5.11 Å². The van der Waals surface area contributed by atoms with Gasteiger partial charge in [0.05, 0.1) is 0 Å². The Balaban J connectivity index is 1.63. The second-order valence-corrected chi connectivity index (χ2v) is 4.44. The minimum Gasteiger partial charge on any atom is -0.508 e. The Morgan fingerprint density at radius 2 is 1.75 bits per heavy atom. The van der Waals surface area contributed by atoms with Gasteiger partial charge in [-0.3, -0.25) is 4.98 Å². The van der Waals surface area contributed by atoms with E-state index in [4.69, 9.17) is 0 Å². The fraction of sp³-hybridized carbons (Fsp3) is 0.133. The molecule has 0 fully saturated rings. The van der Waals surface area contributed by atoms with E-state index in [2.05, 4.69) is 20.3 Å². The molecule has 0 amide bonds. The van der Waals surface area contributed by atoms with Gasteiger partial charge in [0.25, 0.3) is 0 Å². The van der Waals surface area contributed by atoms with Gasteiger partial charge < -0.3 is 10.4 Å². The number of aromatic nitrogens is 3. The summed E-state index contributed by atoms with van der Waals surface area (Å²) < 4.78 is 0. The summed E-state index contributed by atoms with van der Waals surface area (Å²) in [5.74, 6) is 1.08. The van der Waals surface area contributed by atoms with Crippen LogP contribution in [-0.4, -0.2) is 26.6 Å². The van der Waals surface area contributed by atoms with Crippen molar-refractivity contribution in [1.29, 1.82) is 0 Å². The van der Waals surface area contributed by atoms with Gasteiger partial charge in [-0.15, -0.1) is 0 Å². The Hall–Kier alpha value is -2.69. The van der Waals surface area contributed by atoms with Crippen LogP contribution >= 0.6 is 0 Å². The monoisotopic (exact) mass is 266 g/mol. The van der Waals surface area contributed by atoms with Gasteiger partial charge >= 0.3 is 0 Å². The van der Waals surface area contributed by atoms with E-state index >= 15 is 0 Å². The molecule has 0 unspecified atom stereocenters. The first-order valence-electron chi connectivity index (χ1n) is 6.41. The average Bonchev–Trinajstić information content (AvgIpc) is 2.49. The first-order chi connectivity index (χ1) is 9.81. The number of rotatable bonds is 4. The van der Waals surface area contributed by atoms with Crippen LogP contribution in [0.3, 0.4) is 0 Å². The highest BCUT2D eigenvalue weighted by Gasteiger charge is 1.99. The molecular formula is C15H14N4O. The van der Waals surface area contributed by atoms with Gasteiger partial charge in [-0.25, -0.2) is 9.97 Å². The number of anilines is 1. The summed E-state index contributed by atoms with van der Waals surface area (Å²) >= 11 is 0. The van der Waals surface area contributed by atoms with E-state index in [0.29, 0.717) is 5.65 Å². The van der Waals surface area contributed by atoms with E-state index in [1.54, 1.807) is 24.5 Å². The summed E-state index contributed by atoms with van der Waals surface area (Å²) in [5.41, 5.74) is 2.59. The molecule has 1 aromatic carbocycles. The molecule has 0 bridgehead atoms. The van der Waals surface area contributed by atoms with Crippen LogP contribution in [0.15, 0.2) is 48.8 Å². The molecular weight excluding hydrogens is 252 g/mol. The number of hydrogen-bond acceptors (Lipinski definition) is 5. The maximum Gasteiger partial charge on any atom is 0.180 e. The number of phenols is 1. The van der Waals surface area contributed by atoms with E-state index < -0.39 is 0 Å². The van der Waals surface area contributed by atoms with Crippen molar-refractivity contribution in [3.8, 4) is 5.75 Å². The Kier molecular flexibility index (Phi) is 3.41. The van der Waals surface area contributed by atoms with Crippen molar-refractivity contribution in [2.75, 3.05) is 11.9 Å². The highest BCUT2D eigenvalue weighted by Crippen LogP contribution is 2.12. The largest absolute Gasteiger partial charge is 0.508 e. The predicted molar refractivity (Wildman–Crippen MR) is 77.6 cm³/mol. The summed E-state index contributed by atoms with van der Waals surface area (Å²) in [4.78, 5) is 12.8. The van der Waals surface area contributed by atoms with Gasteiger partial charge in [0, 0.05) is 18.9 Å². The van der Waals surface area contributed by atoms with Gasteiger partial charge in [0.1, 0.15) is 17.1 Å². The molecule has 3 aromatic rings. The first-order valence-corrected chi connectivity index (χ1v) is 6.41. The topological polar surface area (TPSA) is 70.9 Å². The lowest BCUT2D eigenvalue weighted by molar-refractivity contribution is 0.475. The molecule has 100 valence electrons. The molecule has 0 aliphatic carbocycles. The Bertz CT molecular complexity index is 712. The summed E-state index contributed by atoms with van der Waals surface area (Å²) in [5, 5.41) is 12.5. The van der Waals surface area contributed by atoms with Gasteiger partial charge in [-0.1, -0.05) is 12.1 Å². The lowest BCUT2D eigenvalue weighted by Gasteiger charge is -2.06. The number of fused-ring (bicyclic) bond motifs is 1. The quantitative estimate of drug-likeness (QED) is 0.758. The maximum absolute atomic E-state index is 9.22. The van der Waals surface area contributed by atoms with Gasteiger partial charge in [-0.05, 0) is 36.2 Å². The van der Waals surface area contributed by atoms with Gasteiger partial charge in [0.15, 0.2) is 5.65 Å². The molecule has 0 aliphatic rings. The van der Waals surface area contributed by atoms with Crippen LogP contribution in [0.4, 0.5) is 5.82 Å². The van der Waals surface area contributed by atoms with Crippen molar-refractivity contribution in [3.05, 3.63) is 54.4 Å². The number of pyridine rings is 1. The zero-order chi connectivity index (χ0) is 13.8. The number of benzene rings is 1. The fourth-order valence-electron chi connectivity index (χ4n) is 1.95. The van der Waals surface area contributed by atoms with Crippen molar-refractivity contribution < 1.29 is 5.11 Å². The van der Waals surface area contributed by atoms with Crippen molar-refractivity contribution in [3.63, 3.8) is 0 Å². The molecule has 0 saturated carbocycles. The van der Waals surface area contributed by atoms with E-state index in [-0.39, 0.29) is 5.75 Å². The second-order valence-electron chi connectivity index (χ2n) is 4.44. The smallest absolute Gasteiger partial charge is 0.180 e. The number of hydrogen-bond donors (Lipinski definition) is 2. The first kappa shape index (κ1) is 12.3. The summed E-state index contributed by atoms with van der Waals surface area (Å²) in [6, 6.07) is 11.0.